The summed E-state index contributed by atoms with van der Waals surface area (Å²) >= 11 is 0. The number of esters is 2. The molecule has 0 aromatic rings. The van der Waals surface area contributed by atoms with E-state index in [1.807, 2.05) is 0 Å². The molecule has 0 amide bonds. The second-order valence-electron chi connectivity index (χ2n) is 10.3. The van der Waals surface area contributed by atoms with Crippen molar-refractivity contribution >= 4 is 23.9 Å². The van der Waals surface area contributed by atoms with Crippen LogP contribution < -0.4 is 0 Å². The number of hydrogen-bond donors (Lipinski definition) is 2. The molecule has 4 saturated carbocycles. The third kappa shape index (κ3) is 2.42. The molecule has 1 aliphatic heterocycles. The smallest absolute Gasteiger partial charge is 0.317 e. The average molecular weight is 404 g/mol. The Bertz CT molecular complexity index is 790. The normalized spacial score (nSPS) is 49.2. The van der Waals surface area contributed by atoms with Gasteiger partial charge in [0.1, 0.15) is 0 Å². The van der Waals surface area contributed by atoms with Gasteiger partial charge in [0.05, 0.1) is 23.7 Å². The van der Waals surface area contributed by atoms with Crippen molar-refractivity contribution in [2.45, 2.75) is 39.5 Å². The minimum absolute atomic E-state index is 0.129. The standard InChI is InChI=1S/C22H28O7/c1-7(19(23)24)13(20(25)26)17-11-6-12(16-10-4-3-9(5-10)15(11)16)18(17)14-8(2)21(27)29-22(14)28/h7-18H,3-6H2,1-2H3,(H,23,24)(H,25,26). The van der Waals surface area contributed by atoms with E-state index in [2.05, 4.69) is 0 Å². The van der Waals surface area contributed by atoms with E-state index in [0.29, 0.717) is 23.7 Å². The van der Waals surface area contributed by atoms with Crippen LogP contribution in [0, 0.1) is 71.0 Å². The molecule has 0 spiro atoms. The van der Waals surface area contributed by atoms with Crippen LogP contribution in [0.25, 0.3) is 0 Å². The van der Waals surface area contributed by atoms with Gasteiger partial charge in [-0.3, -0.25) is 19.2 Å². The Morgan fingerprint density at radius 3 is 2.07 bits per heavy atom. The number of carbonyl (C=O) groups is 4. The Kier molecular flexibility index (Phi) is 4.13. The van der Waals surface area contributed by atoms with Crippen LogP contribution in [0.1, 0.15) is 39.5 Å². The number of carbonyl (C=O) groups excluding carboxylic acids is 2. The van der Waals surface area contributed by atoms with E-state index in [4.69, 9.17) is 4.74 Å². The van der Waals surface area contributed by atoms with Gasteiger partial charge < -0.3 is 14.9 Å². The largest absolute Gasteiger partial charge is 0.481 e. The van der Waals surface area contributed by atoms with Crippen molar-refractivity contribution in [2.75, 3.05) is 0 Å². The van der Waals surface area contributed by atoms with E-state index in [-0.39, 0.29) is 17.8 Å². The highest BCUT2D eigenvalue weighted by atomic mass is 16.6. The molecular formula is C22H28O7. The summed E-state index contributed by atoms with van der Waals surface area (Å²) in [6.45, 7) is 3.15. The number of carboxylic acid groups (broad SMARTS) is 2. The predicted octanol–water partition coefficient (Wildman–Crippen LogP) is 2.29. The van der Waals surface area contributed by atoms with Crippen LogP contribution in [0.4, 0.5) is 0 Å². The molecule has 4 bridgehead atoms. The van der Waals surface area contributed by atoms with Gasteiger partial charge in [0, 0.05) is 0 Å². The van der Waals surface area contributed by atoms with Gasteiger partial charge >= 0.3 is 23.9 Å². The molecule has 29 heavy (non-hydrogen) atoms. The highest BCUT2D eigenvalue weighted by Crippen LogP contribution is 2.73. The molecule has 158 valence electrons. The van der Waals surface area contributed by atoms with E-state index >= 15 is 0 Å². The van der Waals surface area contributed by atoms with Gasteiger partial charge in [-0.1, -0.05) is 13.8 Å². The van der Waals surface area contributed by atoms with Crippen molar-refractivity contribution in [3.63, 3.8) is 0 Å². The number of ether oxygens (including phenoxy) is 1. The summed E-state index contributed by atoms with van der Waals surface area (Å²) in [5.41, 5.74) is 0. The number of aliphatic carboxylic acids is 2. The number of cyclic esters (lactones) is 2. The average Bonchev–Trinajstić information content (AvgIpc) is 3.42. The quantitative estimate of drug-likeness (QED) is 0.410. The fraction of sp³-hybridized carbons (Fsp3) is 0.818. The van der Waals surface area contributed by atoms with Crippen LogP contribution in [0.3, 0.4) is 0 Å². The molecule has 0 aromatic carbocycles. The lowest BCUT2D eigenvalue weighted by molar-refractivity contribution is -0.161. The molecule has 0 aromatic heterocycles. The summed E-state index contributed by atoms with van der Waals surface area (Å²) in [6.07, 6.45) is 4.42. The second-order valence-corrected chi connectivity index (χ2v) is 10.3. The molecule has 0 radical (unpaired) electrons. The predicted molar refractivity (Wildman–Crippen MR) is 98.1 cm³/mol. The Balaban J connectivity index is 1.59. The van der Waals surface area contributed by atoms with Crippen molar-refractivity contribution in [3.05, 3.63) is 0 Å². The molecule has 2 N–H and O–H groups in total. The molecule has 7 heteroatoms. The third-order valence-corrected chi connectivity index (χ3v) is 9.44. The Morgan fingerprint density at radius 1 is 0.931 bits per heavy atom. The lowest BCUT2D eigenvalue weighted by Gasteiger charge is -2.47. The molecular weight excluding hydrogens is 376 g/mol. The van der Waals surface area contributed by atoms with Gasteiger partial charge in [0.15, 0.2) is 0 Å². The maximum atomic E-state index is 12.6. The zero-order valence-corrected chi connectivity index (χ0v) is 16.7. The zero-order chi connectivity index (χ0) is 20.8. The van der Waals surface area contributed by atoms with Crippen LogP contribution in [-0.2, 0) is 23.9 Å². The van der Waals surface area contributed by atoms with Gasteiger partial charge in [0.2, 0.25) is 0 Å². The Labute approximate surface area is 169 Å². The molecule has 4 aliphatic carbocycles. The summed E-state index contributed by atoms with van der Waals surface area (Å²) in [6, 6.07) is 0. The summed E-state index contributed by atoms with van der Waals surface area (Å²) in [5, 5.41) is 19.7. The van der Waals surface area contributed by atoms with Gasteiger partial charge in [-0.25, -0.2) is 0 Å². The fourth-order valence-electron chi connectivity index (χ4n) is 8.66. The summed E-state index contributed by atoms with van der Waals surface area (Å²) in [5.74, 6) is -4.82. The summed E-state index contributed by atoms with van der Waals surface area (Å²) in [7, 11) is 0. The summed E-state index contributed by atoms with van der Waals surface area (Å²) in [4.78, 5) is 48.8. The third-order valence-electron chi connectivity index (χ3n) is 9.44. The first kappa shape index (κ1) is 19.1. The molecule has 5 fully saturated rings. The van der Waals surface area contributed by atoms with Crippen molar-refractivity contribution in [3.8, 4) is 0 Å². The van der Waals surface area contributed by atoms with E-state index in [9.17, 15) is 29.4 Å². The molecule has 12 atom stereocenters. The second kappa shape index (κ2) is 6.29. The number of hydrogen-bond acceptors (Lipinski definition) is 5. The Morgan fingerprint density at radius 2 is 1.55 bits per heavy atom. The van der Waals surface area contributed by atoms with Crippen LogP contribution in [0.5, 0.6) is 0 Å². The van der Waals surface area contributed by atoms with Crippen LogP contribution >= 0.6 is 0 Å². The van der Waals surface area contributed by atoms with Crippen LogP contribution in [-0.4, -0.2) is 34.1 Å². The van der Waals surface area contributed by atoms with Gasteiger partial charge in [-0.05, 0) is 73.0 Å². The molecule has 12 unspecified atom stereocenters. The lowest BCUT2D eigenvalue weighted by Crippen LogP contribution is -2.49. The fourth-order valence-corrected chi connectivity index (χ4v) is 8.66. The zero-order valence-electron chi connectivity index (χ0n) is 16.7. The first-order valence-corrected chi connectivity index (χ1v) is 10.9. The van der Waals surface area contributed by atoms with E-state index in [0.717, 1.165) is 6.42 Å². The topological polar surface area (TPSA) is 118 Å². The van der Waals surface area contributed by atoms with Crippen molar-refractivity contribution in [1.29, 1.82) is 0 Å². The molecule has 7 nitrogen and oxygen atoms in total. The van der Waals surface area contributed by atoms with Gasteiger partial charge in [0.25, 0.3) is 0 Å². The highest BCUT2D eigenvalue weighted by molar-refractivity contribution is 5.96. The maximum absolute atomic E-state index is 12.6. The minimum Gasteiger partial charge on any atom is -0.481 e. The van der Waals surface area contributed by atoms with E-state index in [1.165, 1.54) is 26.2 Å². The van der Waals surface area contributed by atoms with E-state index in [1.54, 1.807) is 6.92 Å². The number of rotatable bonds is 5. The maximum Gasteiger partial charge on any atom is 0.317 e. The number of fused-ring (bicyclic) bond motifs is 9. The van der Waals surface area contributed by atoms with Gasteiger partial charge in [-0.2, -0.15) is 0 Å². The first-order chi connectivity index (χ1) is 13.7. The van der Waals surface area contributed by atoms with Crippen molar-refractivity contribution < 1.29 is 34.1 Å². The highest BCUT2D eigenvalue weighted by Gasteiger charge is 2.70. The van der Waals surface area contributed by atoms with Crippen molar-refractivity contribution in [1.82, 2.24) is 0 Å². The lowest BCUT2D eigenvalue weighted by atomic mass is 9.55. The molecule has 1 saturated heterocycles. The number of carboxylic acids is 2. The van der Waals surface area contributed by atoms with Gasteiger partial charge in [-0.15, -0.1) is 0 Å². The molecule has 5 aliphatic rings. The SMILES string of the molecule is CC(C(=O)O)C(C(=O)O)C1C2CC(C3C4CCC(C4)C23)C1C1C(=O)OC(=O)C1C. The van der Waals surface area contributed by atoms with Crippen molar-refractivity contribution in [2.24, 2.45) is 71.0 Å². The molecule has 5 rings (SSSR count). The van der Waals surface area contributed by atoms with E-state index < -0.39 is 53.5 Å². The minimum atomic E-state index is -1.12. The summed E-state index contributed by atoms with van der Waals surface area (Å²) < 4.78 is 4.93. The van der Waals surface area contributed by atoms with Crippen LogP contribution in [0.15, 0.2) is 0 Å². The Hall–Kier alpha value is -1.92. The monoisotopic (exact) mass is 404 g/mol. The first-order valence-electron chi connectivity index (χ1n) is 10.9. The van der Waals surface area contributed by atoms with Crippen LogP contribution in [0.2, 0.25) is 0 Å². The molecule has 1 heterocycles.